The number of carbonyl (C=O) groups excluding carboxylic acids is 1. The molecule has 4 rings (SSSR count). The number of amides is 1. The zero-order valence-corrected chi connectivity index (χ0v) is 12.4. The maximum atomic E-state index is 12.5. The molecule has 114 valence electrons. The van der Waals surface area contributed by atoms with Crippen LogP contribution in [0.25, 0.3) is 11.4 Å². The van der Waals surface area contributed by atoms with Crippen LogP contribution >= 0.6 is 0 Å². The van der Waals surface area contributed by atoms with Gasteiger partial charge in [-0.25, -0.2) is 14.5 Å². The number of aryl methyl sites for hydroxylation is 2. The lowest BCUT2D eigenvalue weighted by molar-refractivity contribution is 0.102. The molecule has 0 radical (unpaired) electrons. The van der Waals surface area contributed by atoms with Crippen molar-refractivity contribution in [2.75, 3.05) is 5.32 Å². The zero-order chi connectivity index (χ0) is 16.0. The third-order valence-electron chi connectivity index (χ3n) is 3.37. The van der Waals surface area contributed by atoms with Gasteiger partial charge in [0.2, 0.25) is 5.95 Å². The highest BCUT2D eigenvalue weighted by Crippen LogP contribution is 2.12. The molecule has 4 aromatic heterocycles. The van der Waals surface area contributed by atoms with Gasteiger partial charge in [-0.1, -0.05) is 0 Å². The van der Waals surface area contributed by atoms with Crippen molar-refractivity contribution in [3.05, 3.63) is 47.7 Å². The fourth-order valence-electron chi connectivity index (χ4n) is 2.26. The van der Waals surface area contributed by atoms with Crippen LogP contribution in [0, 0.1) is 13.8 Å². The van der Waals surface area contributed by atoms with E-state index in [4.69, 9.17) is 0 Å². The van der Waals surface area contributed by atoms with Crippen LogP contribution in [0.3, 0.4) is 0 Å². The van der Waals surface area contributed by atoms with Crippen molar-refractivity contribution in [1.82, 2.24) is 34.2 Å². The van der Waals surface area contributed by atoms with Crippen molar-refractivity contribution in [3.8, 4) is 0 Å². The summed E-state index contributed by atoms with van der Waals surface area (Å²) in [5, 5.41) is 14.7. The van der Waals surface area contributed by atoms with E-state index in [0.29, 0.717) is 22.9 Å². The van der Waals surface area contributed by atoms with Gasteiger partial charge >= 0.3 is 0 Å². The van der Waals surface area contributed by atoms with Crippen molar-refractivity contribution in [3.63, 3.8) is 0 Å². The Kier molecular flexibility index (Phi) is 2.80. The van der Waals surface area contributed by atoms with Crippen LogP contribution in [-0.4, -0.2) is 40.1 Å². The summed E-state index contributed by atoms with van der Waals surface area (Å²) < 4.78 is 3.17. The minimum Gasteiger partial charge on any atom is -0.290 e. The first-order valence-electron chi connectivity index (χ1n) is 6.91. The lowest BCUT2D eigenvalue weighted by Gasteiger charge is -2.02. The van der Waals surface area contributed by atoms with E-state index in [2.05, 4.69) is 30.6 Å². The second-order valence-corrected chi connectivity index (χ2v) is 5.17. The summed E-state index contributed by atoms with van der Waals surface area (Å²) in [5.74, 6) is 0.365. The zero-order valence-electron chi connectivity index (χ0n) is 12.4. The second-order valence-electron chi connectivity index (χ2n) is 5.17. The quantitative estimate of drug-likeness (QED) is 0.593. The van der Waals surface area contributed by atoms with Crippen molar-refractivity contribution in [2.24, 2.45) is 0 Å². The average Bonchev–Trinajstić information content (AvgIpc) is 3.10. The molecule has 9 nitrogen and oxygen atoms in total. The number of rotatable bonds is 2. The highest BCUT2D eigenvalue weighted by atomic mass is 16.1. The highest BCUT2D eigenvalue weighted by molar-refractivity contribution is 6.07. The molecule has 0 aromatic carbocycles. The van der Waals surface area contributed by atoms with Gasteiger partial charge in [-0.3, -0.25) is 14.5 Å². The van der Waals surface area contributed by atoms with E-state index in [-0.39, 0.29) is 5.91 Å². The number of nitrogens with one attached hydrogen (secondary N) is 1. The van der Waals surface area contributed by atoms with Crippen LogP contribution in [0.4, 0.5) is 5.95 Å². The molecule has 4 aromatic rings. The molecule has 0 saturated carbocycles. The van der Waals surface area contributed by atoms with Crippen LogP contribution in [-0.2, 0) is 0 Å². The van der Waals surface area contributed by atoms with Crippen LogP contribution in [0.2, 0.25) is 0 Å². The summed E-state index contributed by atoms with van der Waals surface area (Å²) in [5.41, 5.74) is 2.63. The van der Waals surface area contributed by atoms with Gasteiger partial charge in [-0.15, -0.1) is 10.2 Å². The number of carbonyl (C=O) groups is 1. The van der Waals surface area contributed by atoms with Crippen molar-refractivity contribution in [1.29, 1.82) is 0 Å². The molecule has 1 amide bonds. The maximum Gasteiger partial charge on any atom is 0.263 e. The smallest absolute Gasteiger partial charge is 0.263 e. The lowest BCUT2D eigenvalue weighted by Crippen LogP contribution is -2.14. The molecular weight excluding hydrogens is 296 g/mol. The van der Waals surface area contributed by atoms with Crippen molar-refractivity contribution < 1.29 is 4.79 Å². The number of fused-ring (bicyclic) bond motifs is 2. The Morgan fingerprint density at radius 3 is 2.96 bits per heavy atom. The Hall–Kier alpha value is -3.36. The molecule has 9 heteroatoms. The van der Waals surface area contributed by atoms with Gasteiger partial charge < -0.3 is 0 Å². The first-order valence-corrected chi connectivity index (χ1v) is 6.91. The van der Waals surface area contributed by atoms with Gasteiger partial charge in [-0.2, -0.15) is 5.10 Å². The number of aromatic nitrogens is 7. The summed E-state index contributed by atoms with van der Waals surface area (Å²) in [4.78, 5) is 21.0. The predicted octanol–water partition coefficient (Wildman–Crippen LogP) is 1.04. The average molecular weight is 308 g/mol. The fourth-order valence-corrected chi connectivity index (χ4v) is 2.26. The molecule has 0 saturated heterocycles. The van der Waals surface area contributed by atoms with Crippen molar-refractivity contribution >= 4 is 23.3 Å². The van der Waals surface area contributed by atoms with E-state index in [1.54, 1.807) is 27.5 Å². The van der Waals surface area contributed by atoms with E-state index in [1.807, 2.05) is 19.9 Å². The van der Waals surface area contributed by atoms with Crippen LogP contribution < -0.4 is 5.32 Å². The van der Waals surface area contributed by atoms with Gasteiger partial charge in [0.15, 0.2) is 5.65 Å². The third-order valence-corrected chi connectivity index (χ3v) is 3.37. The lowest BCUT2D eigenvalue weighted by atomic mass is 10.3. The highest BCUT2D eigenvalue weighted by Gasteiger charge is 2.17. The monoisotopic (exact) mass is 308 g/mol. The summed E-state index contributed by atoms with van der Waals surface area (Å²) >= 11 is 0. The molecular formula is C14H12N8O. The molecule has 0 aliphatic carbocycles. The minimum absolute atomic E-state index is 0.295. The Labute approximate surface area is 130 Å². The first-order chi connectivity index (χ1) is 11.1. The van der Waals surface area contributed by atoms with E-state index < -0.39 is 0 Å². The Bertz CT molecular complexity index is 1050. The Morgan fingerprint density at radius 1 is 1.22 bits per heavy atom. The summed E-state index contributed by atoms with van der Waals surface area (Å²) in [6.07, 6.45) is 6.72. The van der Waals surface area contributed by atoms with Crippen molar-refractivity contribution in [2.45, 2.75) is 13.8 Å². The predicted molar refractivity (Wildman–Crippen MR) is 81.2 cm³/mol. The summed E-state index contributed by atoms with van der Waals surface area (Å²) in [7, 11) is 0. The van der Waals surface area contributed by atoms with E-state index in [0.717, 1.165) is 11.3 Å². The number of hydrogen-bond acceptors (Lipinski definition) is 6. The second kappa shape index (κ2) is 4.83. The maximum absolute atomic E-state index is 12.5. The molecule has 23 heavy (non-hydrogen) atoms. The molecule has 0 bridgehead atoms. The topological polar surface area (TPSA) is 102 Å². The molecule has 1 N–H and O–H groups in total. The van der Waals surface area contributed by atoms with Gasteiger partial charge in [0.1, 0.15) is 5.56 Å². The van der Waals surface area contributed by atoms with Crippen LogP contribution in [0.15, 0.2) is 30.9 Å². The minimum atomic E-state index is -0.355. The molecule has 0 aliphatic heterocycles. The molecule has 4 heterocycles. The first kappa shape index (κ1) is 13.3. The SMILES string of the molecule is Cc1cnc2c(C(=O)Nc3nnc4nc(C)ccn34)cnn2c1. The molecule has 0 unspecified atom stereocenters. The number of nitrogens with zero attached hydrogens (tertiary/aromatic N) is 7. The van der Waals surface area contributed by atoms with E-state index in [9.17, 15) is 4.79 Å². The largest absolute Gasteiger partial charge is 0.290 e. The Balaban J connectivity index is 1.71. The Morgan fingerprint density at radius 2 is 2.09 bits per heavy atom. The molecule has 0 aliphatic rings. The summed E-state index contributed by atoms with van der Waals surface area (Å²) in [6.45, 7) is 3.77. The normalized spacial score (nSPS) is 11.2. The van der Waals surface area contributed by atoms with Crippen LogP contribution in [0.5, 0.6) is 0 Å². The fraction of sp³-hybridized carbons (Fsp3) is 0.143. The van der Waals surface area contributed by atoms with Gasteiger partial charge in [0, 0.05) is 24.3 Å². The van der Waals surface area contributed by atoms with Gasteiger partial charge in [0.25, 0.3) is 11.7 Å². The molecule has 0 fully saturated rings. The van der Waals surface area contributed by atoms with E-state index >= 15 is 0 Å². The molecule has 0 atom stereocenters. The van der Waals surface area contributed by atoms with Crippen LogP contribution in [0.1, 0.15) is 21.6 Å². The van der Waals surface area contributed by atoms with E-state index in [1.165, 1.54) is 6.20 Å². The molecule has 0 spiro atoms. The number of anilines is 1. The summed E-state index contributed by atoms with van der Waals surface area (Å²) in [6, 6.07) is 1.81. The third kappa shape index (κ3) is 2.18. The van der Waals surface area contributed by atoms with Gasteiger partial charge in [0.05, 0.1) is 6.20 Å². The van der Waals surface area contributed by atoms with Gasteiger partial charge in [-0.05, 0) is 25.5 Å². The number of hydrogen-bond donors (Lipinski definition) is 1. The standard InChI is InChI=1S/C14H12N8O/c1-8-5-15-11-10(6-16-22(11)7-8)12(23)18-14-20-19-13-17-9(2)3-4-21(13)14/h3-7H,1-2H3,(H,18,20,23).